The lowest BCUT2D eigenvalue weighted by Gasteiger charge is -2.32. The first-order valence-electron chi connectivity index (χ1n) is 11.1. The zero-order valence-corrected chi connectivity index (χ0v) is 18.8. The average molecular weight is 421 g/mol. The van der Waals surface area contributed by atoms with Crippen molar-refractivity contribution < 1.29 is 14.3 Å². The molecule has 2 aromatic carbocycles. The number of fused-ring (bicyclic) bond motifs is 1. The van der Waals surface area contributed by atoms with Crippen molar-refractivity contribution in [2.24, 2.45) is 0 Å². The fourth-order valence-corrected chi connectivity index (χ4v) is 4.80. The lowest BCUT2D eigenvalue weighted by molar-refractivity contribution is 0.101. The first kappa shape index (κ1) is 21.4. The molecule has 0 atom stereocenters. The number of nitrogens with zero attached hydrogens (tertiary/aromatic N) is 2. The van der Waals surface area contributed by atoms with Gasteiger partial charge in [-0.3, -0.25) is 4.79 Å². The number of hydrogen-bond donors (Lipinski definition) is 0. The summed E-state index contributed by atoms with van der Waals surface area (Å²) >= 11 is 0. The van der Waals surface area contributed by atoms with Crippen LogP contribution in [-0.4, -0.2) is 49.1 Å². The molecule has 3 aromatic rings. The Kier molecular flexibility index (Phi) is 6.62. The molecular formula is C26H32N2O3. The molecule has 2 heterocycles. The number of aryl methyl sites for hydroxylation is 1. The number of carbonyl (C=O) groups is 1. The maximum absolute atomic E-state index is 12.1. The van der Waals surface area contributed by atoms with Gasteiger partial charge in [0.1, 0.15) is 11.5 Å². The molecule has 0 radical (unpaired) electrons. The number of ether oxygens (including phenoxy) is 2. The summed E-state index contributed by atoms with van der Waals surface area (Å²) in [6.45, 7) is 5.84. The number of ketones is 1. The lowest BCUT2D eigenvalue weighted by Crippen LogP contribution is -2.34. The van der Waals surface area contributed by atoms with Crippen LogP contribution in [0.25, 0.3) is 10.9 Å². The fourth-order valence-electron chi connectivity index (χ4n) is 4.80. The van der Waals surface area contributed by atoms with Crippen LogP contribution in [0, 0.1) is 0 Å². The number of rotatable bonds is 8. The molecule has 0 unspecified atom stereocenters. The number of methoxy groups -OCH3 is 2. The summed E-state index contributed by atoms with van der Waals surface area (Å²) in [5.41, 5.74) is 3.21. The summed E-state index contributed by atoms with van der Waals surface area (Å²) in [5, 5.41) is 0.976. The molecule has 0 aliphatic carbocycles. The highest BCUT2D eigenvalue weighted by molar-refractivity contribution is 6.07. The van der Waals surface area contributed by atoms with Gasteiger partial charge < -0.3 is 18.9 Å². The van der Waals surface area contributed by atoms with Crippen LogP contribution >= 0.6 is 0 Å². The maximum Gasteiger partial charge on any atom is 0.161 e. The normalized spacial score (nSPS) is 15.3. The Balaban J connectivity index is 1.35. The molecule has 1 saturated heterocycles. The van der Waals surface area contributed by atoms with Crippen molar-refractivity contribution in [3.8, 4) is 11.5 Å². The van der Waals surface area contributed by atoms with Crippen molar-refractivity contribution in [2.45, 2.75) is 38.6 Å². The molecule has 0 bridgehead atoms. The van der Waals surface area contributed by atoms with Crippen molar-refractivity contribution >= 4 is 16.7 Å². The predicted molar refractivity (Wildman–Crippen MR) is 125 cm³/mol. The van der Waals surface area contributed by atoms with E-state index in [-0.39, 0.29) is 5.78 Å². The van der Waals surface area contributed by atoms with Gasteiger partial charge in [0.2, 0.25) is 0 Å². The Bertz CT molecular complexity index is 1050. The van der Waals surface area contributed by atoms with E-state index in [2.05, 4.69) is 33.7 Å². The number of carbonyl (C=O) groups excluding carboxylic acids is 1. The smallest absolute Gasteiger partial charge is 0.161 e. The summed E-state index contributed by atoms with van der Waals surface area (Å²) in [5.74, 6) is 2.47. The Morgan fingerprint density at radius 2 is 1.81 bits per heavy atom. The molecule has 1 aromatic heterocycles. The van der Waals surface area contributed by atoms with E-state index in [0.717, 1.165) is 60.6 Å². The van der Waals surface area contributed by atoms with Gasteiger partial charge in [-0.1, -0.05) is 18.2 Å². The van der Waals surface area contributed by atoms with Gasteiger partial charge in [0.25, 0.3) is 0 Å². The molecule has 0 saturated carbocycles. The van der Waals surface area contributed by atoms with E-state index < -0.39 is 0 Å². The van der Waals surface area contributed by atoms with Crippen molar-refractivity contribution in [2.75, 3.05) is 33.9 Å². The maximum atomic E-state index is 12.1. The largest absolute Gasteiger partial charge is 0.497 e. The lowest BCUT2D eigenvalue weighted by atomic mass is 9.89. The number of benzene rings is 2. The summed E-state index contributed by atoms with van der Waals surface area (Å²) in [6, 6.07) is 14.4. The SMILES string of the molecule is COc1ccc2c(c1)c(C(C)=O)cn2CCCN1CCC(c2ccccc2OC)CC1. The minimum absolute atomic E-state index is 0.0930. The van der Waals surface area contributed by atoms with E-state index in [1.807, 2.05) is 24.4 Å². The Morgan fingerprint density at radius 1 is 1.03 bits per heavy atom. The third-order valence-corrected chi connectivity index (χ3v) is 6.51. The molecule has 31 heavy (non-hydrogen) atoms. The number of piperidine rings is 1. The van der Waals surface area contributed by atoms with Crippen molar-refractivity contribution in [1.82, 2.24) is 9.47 Å². The van der Waals surface area contributed by atoms with Crippen LogP contribution in [0.4, 0.5) is 0 Å². The first-order chi connectivity index (χ1) is 15.1. The van der Waals surface area contributed by atoms with Crippen molar-refractivity contribution in [3.63, 3.8) is 0 Å². The number of para-hydroxylation sites is 1. The summed E-state index contributed by atoms with van der Waals surface area (Å²) < 4.78 is 13.1. The molecular weight excluding hydrogens is 388 g/mol. The van der Waals surface area contributed by atoms with Crippen LogP contribution in [-0.2, 0) is 6.54 Å². The molecule has 164 valence electrons. The average Bonchev–Trinajstić information content (AvgIpc) is 3.17. The molecule has 0 spiro atoms. The van der Waals surface area contributed by atoms with Crippen LogP contribution in [0.2, 0.25) is 0 Å². The minimum Gasteiger partial charge on any atom is -0.497 e. The minimum atomic E-state index is 0.0930. The molecule has 1 aliphatic rings. The molecule has 4 rings (SSSR count). The zero-order chi connectivity index (χ0) is 21.8. The van der Waals surface area contributed by atoms with Gasteiger partial charge in [-0.15, -0.1) is 0 Å². The van der Waals surface area contributed by atoms with Gasteiger partial charge >= 0.3 is 0 Å². The van der Waals surface area contributed by atoms with Crippen LogP contribution in [0.5, 0.6) is 11.5 Å². The van der Waals surface area contributed by atoms with Crippen LogP contribution < -0.4 is 9.47 Å². The number of hydrogen-bond acceptors (Lipinski definition) is 4. The molecule has 0 amide bonds. The Morgan fingerprint density at radius 3 is 2.52 bits per heavy atom. The highest BCUT2D eigenvalue weighted by Gasteiger charge is 2.22. The van der Waals surface area contributed by atoms with Gasteiger partial charge in [-0.2, -0.15) is 0 Å². The standard InChI is InChI=1S/C26H32N2O3/c1-19(29)24-18-28(25-10-9-21(30-2)17-23(24)25)14-6-13-27-15-11-20(12-16-27)22-7-4-5-8-26(22)31-3/h4-5,7-10,17-18,20H,6,11-16H2,1-3H3. The van der Waals surface area contributed by atoms with Crippen LogP contribution in [0.1, 0.15) is 48.0 Å². The van der Waals surface area contributed by atoms with Gasteiger partial charge in [0.05, 0.1) is 14.2 Å². The molecule has 0 N–H and O–H groups in total. The fraction of sp³-hybridized carbons (Fsp3) is 0.423. The zero-order valence-electron chi connectivity index (χ0n) is 18.8. The van der Waals surface area contributed by atoms with E-state index in [1.165, 1.54) is 18.4 Å². The van der Waals surface area contributed by atoms with Gasteiger partial charge in [0, 0.05) is 29.2 Å². The summed E-state index contributed by atoms with van der Waals surface area (Å²) in [4.78, 5) is 14.7. The van der Waals surface area contributed by atoms with E-state index >= 15 is 0 Å². The monoisotopic (exact) mass is 420 g/mol. The van der Waals surface area contributed by atoms with Crippen molar-refractivity contribution in [3.05, 3.63) is 59.8 Å². The second-order valence-electron chi connectivity index (χ2n) is 8.39. The van der Waals surface area contributed by atoms with E-state index in [4.69, 9.17) is 9.47 Å². The van der Waals surface area contributed by atoms with Gasteiger partial charge in [-0.25, -0.2) is 0 Å². The molecule has 5 heteroatoms. The van der Waals surface area contributed by atoms with E-state index in [1.54, 1.807) is 21.1 Å². The summed E-state index contributed by atoms with van der Waals surface area (Å²) in [7, 11) is 3.41. The van der Waals surface area contributed by atoms with Crippen molar-refractivity contribution in [1.29, 1.82) is 0 Å². The second-order valence-corrected chi connectivity index (χ2v) is 8.39. The highest BCUT2D eigenvalue weighted by Crippen LogP contribution is 2.34. The quantitative estimate of drug-likeness (QED) is 0.474. The molecule has 5 nitrogen and oxygen atoms in total. The third-order valence-electron chi connectivity index (χ3n) is 6.51. The Labute approximate surface area is 184 Å². The number of aromatic nitrogens is 1. The van der Waals surface area contributed by atoms with Gasteiger partial charge in [0.15, 0.2) is 5.78 Å². The second kappa shape index (κ2) is 9.56. The first-order valence-corrected chi connectivity index (χ1v) is 11.1. The van der Waals surface area contributed by atoms with E-state index in [9.17, 15) is 4.79 Å². The Hall–Kier alpha value is -2.79. The molecule has 1 fully saturated rings. The van der Waals surface area contributed by atoms with Gasteiger partial charge in [-0.05, 0) is 81.6 Å². The van der Waals surface area contributed by atoms with Crippen LogP contribution in [0.15, 0.2) is 48.7 Å². The molecule has 1 aliphatic heterocycles. The number of likely N-dealkylation sites (tertiary alicyclic amines) is 1. The third kappa shape index (κ3) is 4.62. The van der Waals surface area contributed by atoms with E-state index in [0.29, 0.717) is 5.92 Å². The highest BCUT2D eigenvalue weighted by atomic mass is 16.5. The predicted octanol–water partition coefficient (Wildman–Crippen LogP) is 5.13. The number of Topliss-reactive ketones (excluding diaryl/α,β-unsaturated/α-hetero) is 1. The topological polar surface area (TPSA) is 43.7 Å². The summed E-state index contributed by atoms with van der Waals surface area (Å²) in [6.07, 6.45) is 5.40. The van der Waals surface area contributed by atoms with Crippen LogP contribution in [0.3, 0.4) is 0 Å².